The van der Waals surface area contributed by atoms with Gasteiger partial charge in [0.15, 0.2) is 0 Å². The number of ether oxygens (including phenoxy) is 2. The van der Waals surface area contributed by atoms with E-state index in [-0.39, 0.29) is 37.4 Å². The molecule has 4 aliphatic rings. The highest BCUT2D eigenvalue weighted by atomic mass is 16.6. The zero-order valence-electron chi connectivity index (χ0n) is 23.1. The first-order valence-corrected chi connectivity index (χ1v) is 14.0. The molecular weight excluding hydrogens is 514 g/mol. The van der Waals surface area contributed by atoms with Crippen molar-refractivity contribution in [1.82, 2.24) is 15.1 Å². The minimum Gasteiger partial charge on any atom is -0.455 e. The van der Waals surface area contributed by atoms with Crippen LogP contribution in [0.4, 0.5) is 0 Å². The Kier molecular flexibility index (Phi) is 7.83. The summed E-state index contributed by atoms with van der Waals surface area (Å²) in [6, 6.07) is 7.26. The molecule has 4 heterocycles. The second kappa shape index (κ2) is 11.2. The van der Waals surface area contributed by atoms with Crippen LogP contribution in [0.2, 0.25) is 0 Å². The third-order valence-electron chi connectivity index (χ3n) is 8.38. The molecule has 0 bridgehead atoms. The molecule has 10 nitrogen and oxygen atoms in total. The van der Waals surface area contributed by atoms with Gasteiger partial charge in [-0.3, -0.25) is 19.2 Å². The monoisotopic (exact) mass is 551 g/mol. The average molecular weight is 552 g/mol. The van der Waals surface area contributed by atoms with Crippen LogP contribution in [0.15, 0.2) is 54.6 Å². The summed E-state index contributed by atoms with van der Waals surface area (Å²) in [6.07, 6.45) is 6.09. The largest absolute Gasteiger partial charge is 0.455 e. The van der Waals surface area contributed by atoms with Crippen LogP contribution in [0.1, 0.15) is 45.3 Å². The smallest absolute Gasteiger partial charge is 0.313 e. The fourth-order valence-corrected chi connectivity index (χ4v) is 6.39. The summed E-state index contributed by atoms with van der Waals surface area (Å²) >= 11 is 0. The van der Waals surface area contributed by atoms with Gasteiger partial charge in [0.2, 0.25) is 17.7 Å². The van der Waals surface area contributed by atoms with Gasteiger partial charge in [0.05, 0.1) is 31.2 Å². The van der Waals surface area contributed by atoms with E-state index in [2.05, 4.69) is 5.32 Å². The molecule has 40 heavy (non-hydrogen) atoms. The Morgan fingerprint density at radius 3 is 2.52 bits per heavy atom. The van der Waals surface area contributed by atoms with Crippen molar-refractivity contribution >= 4 is 23.7 Å². The Labute approximate surface area is 234 Å². The standard InChI is InChI=1S/C30H37N3O7/c1-18(2)32-15-9-14-30-25(27(36)33(19(3)17-34)26(30)28(32)37)24-21(40-30)12-7-8-13-23(35)31-16-22(39-29(24)38)20-10-5-4-6-11-20/h4-7,9-12,14,18-19,21-22,24-26,34H,8,13,15-17H2,1-3H3,(H,31,35)/b12-7-/t19-,21+,22-,24-,25-,26+,30-/m1/s1. The van der Waals surface area contributed by atoms with E-state index in [4.69, 9.17) is 9.47 Å². The molecule has 0 aromatic heterocycles. The molecule has 10 heteroatoms. The third-order valence-corrected chi connectivity index (χ3v) is 8.38. The predicted molar refractivity (Wildman–Crippen MR) is 144 cm³/mol. The number of aliphatic hydroxyl groups is 1. The molecule has 0 radical (unpaired) electrons. The molecule has 1 aromatic rings. The molecule has 5 rings (SSSR count). The van der Waals surface area contributed by atoms with E-state index in [0.717, 1.165) is 0 Å². The molecule has 0 unspecified atom stereocenters. The highest BCUT2D eigenvalue weighted by Crippen LogP contribution is 2.53. The van der Waals surface area contributed by atoms with Gasteiger partial charge >= 0.3 is 5.97 Å². The lowest BCUT2D eigenvalue weighted by Crippen LogP contribution is -2.58. The number of benzene rings is 1. The highest BCUT2D eigenvalue weighted by molar-refractivity contribution is 5.99. The Balaban J connectivity index is 1.60. The number of likely N-dealkylation sites (tertiary alicyclic amines) is 1. The number of carbonyl (C=O) groups excluding carboxylic acids is 4. The van der Waals surface area contributed by atoms with Gasteiger partial charge in [-0.25, -0.2) is 0 Å². The number of fused-ring (bicyclic) bond motifs is 2. The lowest BCUT2D eigenvalue weighted by Gasteiger charge is -2.38. The molecule has 7 atom stereocenters. The van der Waals surface area contributed by atoms with Crippen LogP contribution in [-0.2, 0) is 28.7 Å². The van der Waals surface area contributed by atoms with Crippen LogP contribution in [0, 0.1) is 11.8 Å². The van der Waals surface area contributed by atoms with Crippen LogP contribution >= 0.6 is 0 Å². The van der Waals surface area contributed by atoms with Gasteiger partial charge in [0.1, 0.15) is 23.7 Å². The van der Waals surface area contributed by atoms with E-state index in [1.165, 1.54) is 4.90 Å². The SMILES string of the molecule is CC(C)N1CC=C[C@@]23O[C@H]4/C=C\CCC(=O)NC[C@H](c5ccccc5)OC(=O)[C@H]4[C@@H]2C(=O)N([C@H](C)CO)[C@H]3C1=O. The van der Waals surface area contributed by atoms with Crippen LogP contribution in [0.25, 0.3) is 0 Å². The summed E-state index contributed by atoms with van der Waals surface area (Å²) < 4.78 is 12.7. The van der Waals surface area contributed by atoms with Crippen molar-refractivity contribution in [3.63, 3.8) is 0 Å². The number of aliphatic hydroxyl groups excluding tert-OH is 1. The molecule has 2 saturated heterocycles. The number of carbonyl (C=O) groups is 4. The van der Waals surface area contributed by atoms with Crippen LogP contribution in [0.5, 0.6) is 0 Å². The number of hydrogen-bond donors (Lipinski definition) is 2. The minimum absolute atomic E-state index is 0.0817. The number of amides is 3. The Hall–Kier alpha value is -3.50. The Morgan fingerprint density at radius 1 is 1.07 bits per heavy atom. The molecule has 0 saturated carbocycles. The summed E-state index contributed by atoms with van der Waals surface area (Å²) in [5.41, 5.74) is -0.714. The third kappa shape index (κ3) is 4.73. The summed E-state index contributed by atoms with van der Waals surface area (Å²) in [5, 5.41) is 12.9. The number of rotatable bonds is 4. The first kappa shape index (κ1) is 28.0. The van der Waals surface area contributed by atoms with E-state index in [9.17, 15) is 24.3 Å². The summed E-state index contributed by atoms with van der Waals surface area (Å²) in [6.45, 7) is 5.55. The molecule has 2 fully saturated rings. The maximum atomic E-state index is 14.2. The topological polar surface area (TPSA) is 125 Å². The first-order chi connectivity index (χ1) is 19.2. The molecular formula is C30H37N3O7. The zero-order chi connectivity index (χ0) is 28.6. The van der Waals surface area contributed by atoms with E-state index < -0.39 is 53.6 Å². The summed E-state index contributed by atoms with van der Waals surface area (Å²) in [5.74, 6) is -3.60. The van der Waals surface area contributed by atoms with Gasteiger partial charge in [-0.2, -0.15) is 0 Å². The van der Waals surface area contributed by atoms with Gasteiger partial charge in [-0.1, -0.05) is 54.6 Å². The number of nitrogens with zero attached hydrogens (tertiary/aromatic N) is 2. The van der Waals surface area contributed by atoms with E-state index >= 15 is 0 Å². The van der Waals surface area contributed by atoms with Crippen molar-refractivity contribution in [2.24, 2.45) is 11.8 Å². The van der Waals surface area contributed by atoms with Crippen molar-refractivity contribution < 1.29 is 33.8 Å². The van der Waals surface area contributed by atoms with Crippen LogP contribution < -0.4 is 5.32 Å². The second-order valence-corrected chi connectivity index (χ2v) is 11.2. The second-order valence-electron chi connectivity index (χ2n) is 11.2. The number of nitrogens with one attached hydrogen (secondary N) is 1. The molecule has 0 aliphatic carbocycles. The highest BCUT2D eigenvalue weighted by Gasteiger charge is 2.72. The van der Waals surface area contributed by atoms with Crippen molar-refractivity contribution in [2.75, 3.05) is 19.7 Å². The Morgan fingerprint density at radius 2 is 1.82 bits per heavy atom. The fourth-order valence-electron chi connectivity index (χ4n) is 6.39. The maximum Gasteiger partial charge on any atom is 0.313 e. The van der Waals surface area contributed by atoms with Gasteiger partial charge in [-0.05, 0) is 32.8 Å². The zero-order valence-corrected chi connectivity index (χ0v) is 23.1. The van der Waals surface area contributed by atoms with Gasteiger partial charge in [0, 0.05) is 19.0 Å². The van der Waals surface area contributed by atoms with Gasteiger partial charge in [0.25, 0.3) is 0 Å². The first-order valence-electron chi connectivity index (χ1n) is 14.0. The van der Waals surface area contributed by atoms with Crippen molar-refractivity contribution in [2.45, 2.75) is 69.5 Å². The number of cyclic esters (lactones) is 1. The quantitative estimate of drug-likeness (QED) is 0.429. The number of hydrogen-bond acceptors (Lipinski definition) is 7. The molecule has 1 aromatic carbocycles. The average Bonchev–Trinajstić information content (AvgIpc) is 3.33. The predicted octanol–water partition coefficient (Wildman–Crippen LogP) is 1.51. The number of esters is 1. The van der Waals surface area contributed by atoms with Crippen LogP contribution in [-0.4, -0.2) is 88.1 Å². The molecule has 4 aliphatic heterocycles. The van der Waals surface area contributed by atoms with Crippen molar-refractivity contribution in [3.8, 4) is 0 Å². The summed E-state index contributed by atoms with van der Waals surface area (Å²) in [7, 11) is 0. The lowest BCUT2D eigenvalue weighted by molar-refractivity contribution is -0.160. The molecule has 214 valence electrons. The molecule has 3 amide bonds. The Bertz CT molecular complexity index is 1210. The fraction of sp³-hybridized carbons (Fsp3) is 0.533. The number of allylic oxidation sites excluding steroid dienone is 1. The lowest BCUT2D eigenvalue weighted by atomic mass is 9.77. The maximum absolute atomic E-state index is 14.2. The van der Waals surface area contributed by atoms with E-state index in [1.54, 1.807) is 30.1 Å². The summed E-state index contributed by atoms with van der Waals surface area (Å²) in [4.78, 5) is 57.8. The van der Waals surface area contributed by atoms with Crippen molar-refractivity contribution in [1.29, 1.82) is 0 Å². The molecule has 1 spiro atoms. The van der Waals surface area contributed by atoms with Gasteiger partial charge in [-0.15, -0.1) is 0 Å². The van der Waals surface area contributed by atoms with E-state index in [1.807, 2.05) is 50.3 Å². The van der Waals surface area contributed by atoms with Gasteiger partial charge < -0.3 is 29.7 Å². The van der Waals surface area contributed by atoms with E-state index in [0.29, 0.717) is 18.5 Å². The molecule has 2 N–H and O–H groups in total. The normalized spacial score (nSPS) is 34.2. The van der Waals surface area contributed by atoms with Crippen molar-refractivity contribution in [3.05, 3.63) is 60.2 Å². The minimum atomic E-state index is -1.42. The van der Waals surface area contributed by atoms with Crippen LogP contribution in [0.3, 0.4) is 0 Å².